The van der Waals surface area contributed by atoms with Gasteiger partial charge < -0.3 is 25.0 Å². The van der Waals surface area contributed by atoms with Crippen LogP contribution < -0.4 is 5.32 Å². The number of carbonyl (C=O) groups is 3. The van der Waals surface area contributed by atoms with Crippen LogP contribution in [-0.4, -0.2) is 78.2 Å². The van der Waals surface area contributed by atoms with Crippen molar-refractivity contribution in [2.75, 3.05) is 39.4 Å². The number of nitrogens with zero attached hydrogens (tertiary/aromatic N) is 2. The van der Waals surface area contributed by atoms with E-state index in [4.69, 9.17) is 9.84 Å². The highest BCUT2D eigenvalue weighted by atomic mass is 16.5. The summed E-state index contributed by atoms with van der Waals surface area (Å²) in [5.74, 6) is -0.851. The van der Waals surface area contributed by atoms with Gasteiger partial charge in [0.2, 0.25) is 5.91 Å². The first-order chi connectivity index (χ1) is 9.58. The summed E-state index contributed by atoms with van der Waals surface area (Å²) in [6.45, 7) is 1.76. The molecule has 8 nitrogen and oxygen atoms in total. The summed E-state index contributed by atoms with van der Waals surface area (Å²) in [6.07, 6.45) is 1.38. The van der Waals surface area contributed by atoms with E-state index in [9.17, 15) is 14.4 Å². The molecule has 0 spiro atoms. The summed E-state index contributed by atoms with van der Waals surface area (Å²) in [5.41, 5.74) is 0. The molecule has 1 unspecified atom stereocenters. The molecule has 2 aliphatic heterocycles. The van der Waals surface area contributed by atoms with Gasteiger partial charge in [0.05, 0.1) is 6.61 Å². The number of carboxylic acid groups (broad SMARTS) is 1. The molecule has 2 heterocycles. The summed E-state index contributed by atoms with van der Waals surface area (Å²) in [5, 5.41) is 11.1. The third-order valence-corrected chi connectivity index (χ3v) is 3.53. The molecular weight excluding hydrogens is 266 g/mol. The number of amides is 3. The molecular formula is C12H19N3O5. The Morgan fingerprint density at radius 1 is 1.40 bits per heavy atom. The van der Waals surface area contributed by atoms with E-state index in [2.05, 4.69) is 5.32 Å². The van der Waals surface area contributed by atoms with E-state index in [0.29, 0.717) is 26.1 Å². The molecule has 0 aromatic heterocycles. The molecule has 112 valence electrons. The van der Waals surface area contributed by atoms with Gasteiger partial charge in [-0.15, -0.1) is 0 Å². The summed E-state index contributed by atoms with van der Waals surface area (Å²) < 4.78 is 4.83. The molecule has 0 aliphatic carbocycles. The van der Waals surface area contributed by atoms with Crippen LogP contribution in [0, 0.1) is 0 Å². The maximum Gasteiger partial charge on any atom is 0.329 e. The molecule has 0 bridgehead atoms. The first-order valence-corrected chi connectivity index (χ1v) is 6.69. The van der Waals surface area contributed by atoms with Gasteiger partial charge in [-0.25, -0.2) is 9.59 Å². The number of hydrogen-bond donors (Lipinski definition) is 2. The Hall–Kier alpha value is -1.83. The molecule has 0 aromatic carbocycles. The average Bonchev–Trinajstić information content (AvgIpc) is 2.79. The largest absolute Gasteiger partial charge is 0.480 e. The first kappa shape index (κ1) is 14.6. The van der Waals surface area contributed by atoms with Crippen LogP contribution in [0.4, 0.5) is 4.79 Å². The number of ether oxygens (including phenoxy) is 1. The Balaban J connectivity index is 1.66. The number of carbonyl (C=O) groups excluding carboxylic acids is 2. The maximum atomic E-state index is 11.9. The molecule has 2 fully saturated rings. The fraction of sp³-hybridized carbons (Fsp3) is 0.750. The Labute approximate surface area is 116 Å². The monoisotopic (exact) mass is 285 g/mol. The van der Waals surface area contributed by atoms with E-state index in [-0.39, 0.29) is 37.7 Å². The van der Waals surface area contributed by atoms with Crippen LogP contribution in [0.2, 0.25) is 0 Å². The quantitative estimate of drug-likeness (QED) is 0.638. The number of nitrogens with one attached hydrogen (secondary N) is 1. The van der Waals surface area contributed by atoms with E-state index in [1.807, 2.05) is 4.90 Å². The molecule has 20 heavy (non-hydrogen) atoms. The summed E-state index contributed by atoms with van der Waals surface area (Å²) in [4.78, 5) is 37.2. The molecule has 2 saturated heterocycles. The second-order valence-electron chi connectivity index (χ2n) is 4.90. The fourth-order valence-corrected chi connectivity index (χ4v) is 2.55. The molecule has 0 radical (unpaired) electrons. The van der Waals surface area contributed by atoms with Crippen molar-refractivity contribution in [1.82, 2.24) is 15.1 Å². The van der Waals surface area contributed by atoms with Gasteiger partial charge in [-0.2, -0.15) is 0 Å². The van der Waals surface area contributed by atoms with Gasteiger partial charge in [-0.1, -0.05) is 0 Å². The molecule has 0 saturated carbocycles. The van der Waals surface area contributed by atoms with Gasteiger partial charge in [0, 0.05) is 38.6 Å². The van der Waals surface area contributed by atoms with Gasteiger partial charge in [0.15, 0.2) is 0 Å². The first-order valence-electron chi connectivity index (χ1n) is 6.69. The summed E-state index contributed by atoms with van der Waals surface area (Å²) >= 11 is 0. The Morgan fingerprint density at radius 2 is 2.20 bits per heavy atom. The zero-order valence-electron chi connectivity index (χ0n) is 11.2. The van der Waals surface area contributed by atoms with Crippen molar-refractivity contribution in [2.45, 2.75) is 18.9 Å². The number of carboxylic acids is 1. The van der Waals surface area contributed by atoms with E-state index >= 15 is 0 Å². The third kappa shape index (κ3) is 3.60. The SMILES string of the molecule is O=C(O)COCCNC(=O)N1CCN2C(=O)CCC2C1. The lowest BCUT2D eigenvalue weighted by molar-refractivity contribution is -0.142. The highest BCUT2D eigenvalue weighted by molar-refractivity contribution is 5.80. The predicted molar refractivity (Wildman–Crippen MR) is 68.2 cm³/mol. The van der Waals surface area contributed by atoms with Crippen LogP contribution in [0.5, 0.6) is 0 Å². The van der Waals surface area contributed by atoms with E-state index in [1.165, 1.54) is 0 Å². The number of hydrogen-bond acceptors (Lipinski definition) is 4. The van der Waals surface area contributed by atoms with Crippen molar-refractivity contribution in [1.29, 1.82) is 0 Å². The Bertz CT molecular complexity index is 401. The lowest BCUT2D eigenvalue weighted by atomic mass is 10.2. The lowest BCUT2D eigenvalue weighted by Gasteiger charge is -2.37. The van der Waals surface area contributed by atoms with Crippen molar-refractivity contribution < 1.29 is 24.2 Å². The number of rotatable bonds is 5. The van der Waals surface area contributed by atoms with E-state index in [1.54, 1.807) is 4.90 Å². The van der Waals surface area contributed by atoms with Gasteiger partial charge >= 0.3 is 12.0 Å². The van der Waals surface area contributed by atoms with Gasteiger partial charge in [0.1, 0.15) is 6.61 Å². The number of fused-ring (bicyclic) bond motifs is 1. The van der Waals surface area contributed by atoms with Crippen LogP contribution in [0.3, 0.4) is 0 Å². The third-order valence-electron chi connectivity index (χ3n) is 3.53. The molecule has 2 rings (SSSR count). The molecule has 1 atom stereocenters. The zero-order chi connectivity index (χ0) is 14.5. The van der Waals surface area contributed by atoms with Crippen LogP contribution in [0.1, 0.15) is 12.8 Å². The smallest absolute Gasteiger partial charge is 0.329 e. The Morgan fingerprint density at radius 3 is 2.95 bits per heavy atom. The van der Waals surface area contributed by atoms with Crippen molar-refractivity contribution in [2.24, 2.45) is 0 Å². The fourth-order valence-electron chi connectivity index (χ4n) is 2.55. The highest BCUT2D eigenvalue weighted by Crippen LogP contribution is 2.22. The van der Waals surface area contributed by atoms with Crippen LogP contribution in [-0.2, 0) is 14.3 Å². The summed E-state index contributed by atoms with van der Waals surface area (Å²) in [7, 11) is 0. The molecule has 3 amide bonds. The minimum atomic E-state index is -1.03. The van der Waals surface area contributed by atoms with Crippen LogP contribution in [0.15, 0.2) is 0 Å². The molecule has 0 aromatic rings. The normalized spacial score (nSPS) is 21.8. The second kappa shape index (κ2) is 6.56. The van der Waals surface area contributed by atoms with Crippen molar-refractivity contribution in [3.05, 3.63) is 0 Å². The maximum absolute atomic E-state index is 11.9. The topological polar surface area (TPSA) is 99.2 Å². The van der Waals surface area contributed by atoms with E-state index in [0.717, 1.165) is 6.42 Å². The van der Waals surface area contributed by atoms with Crippen molar-refractivity contribution >= 4 is 17.9 Å². The average molecular weight is 285 g/mol. The second-order valence-corrected chi connectivity index (χ2v) is 4.90. The zero-order valence-corrected chi connectivity index (χ0v) is 11.2. The Kier molecular flexibility index (Phi) is 4.78. The van der Waals surface area contributed by atoms with Gasteiger partial charge in [0.25, 0.3) is 0 Å². The van der Waals surface area contributed by atoms with Gasteiger partial charge in [-0.3, -0.25) is 4.79 Å². The molecule has 8 heteroatoms. The molecule has 2 N–H and O–H groups in total. The minimum Gasteiger partial charge on any atom is -0.480 e. The minimum absolute atomic E-state index is 0.144. The predicted octanol–water partition coefficient (Wildman–Crippen LogP) is -0.896. The van der Waals surface area contributed by atoms with Crippen LogP contribution >= 0.6 is 0 Å². The number of urea groups is 1. The number of piperazine rings is 1. The van der Waals surface area contributed by atoms with Crippen LogP contribution in [0.25, 0.3) is 0 Å². The highest BCUT2D eigenvalue weighted by Gasteiger charge is 2.36. The lowest BCUT2D eigenvalue weighted by Crippen LogP contribution is -2.55. The number of aliphatic carboxylic acids is 1. The molecule has 2 aliphatic rings. The van der Waals surface area contributed by atoms with Crippen molar-refractivity contribution in [3.8, 4) is 0 Å². The van der Waals surface area contributed by atoms with Gasteiger partial charge in [-0.05, 0) is 6.42 Å². The standard InChI is InChI=1S/C12H19N3O5/c16-10-2-1-9-7-14(4-5-15(9)10)12(19)13-3-6-20-8-11(17)18/h9H,1-8H2,(H,13,19)(H,17,18). The van der Waals surface area contributed by atoms with E-state index < -0.39 is 5.97 Å². The summed E-state index contributed by atoms with van der Waals surface area (Å²) in [6, 6.07) is -0.0480. The van der Waals surface area contributed by atoms with Crippen molar-refractivity contribution in [3.63, 3.8) is 0 Å².